The molecular weight excluding hydrogens is 256 g/mol. The van der Waals surface area contributed by atoms with Gasteiger partial charge in [-0.15, -0.1) is 6.42 Å². The van der Waals surface area contributed by atoms with Crippen LogP contribution in [0.3, 0.4) is 0 Å². The van der Waals surface area contributed by atoms with Gasteiger partial charge in [-0.3, -0.25) is 0 Å². The van der Waals surface area contributed by atoms with Gasteiger partial charge in [0, 0.05) is 12.2 Å². The van der Waals surface area contributed by atoms with E-state index in [2.05, 4.69) is 16.6 Å². The molecule has 0 saturated heterocycles. The van der Waals surface area contributed by atoms with Crippen LogP contribution in [0.5, 0.6) is 5.75 Å². The van der Waals surface area contributed by atoms with E-state index in [-0.39, 0.29) is 25.1 Å². The summed E-state index contributed by atoms with van der Waals surface area (Å²) in [6.45, 7) is 4.20. The Labute approximate surface area is 119 Å². The van der Waals surface area contributed by atoms with Crippen LogP contribution in [0.4, 0.5) is 10.5 Å². The van der Waals surface area contributed by atoms with E-state index in [1.54, 1.807) is 24.3 Å². The highest BCUT2D eigenvalue weighted by Crippen LogP contribution is 2.15. The molecule has 5 nitrogen and oxygen atoms in total. The van der Waals surface area contributed by atoms with Gasteiger partial charge in [0.15, 0.2) is 0 Å². The monoisotopic (exact) mass is 276 g/mol. The van der Waals surface area contributed by atoms with Crippen molar-refractivity contribution in [3.05, 3.63) is 24.3 Å². The third-order valence-electron chi connectivity index (χ3n) is 2.68. The highest BCUT2D eigenvalue weighted by Gasteiger charge is 2.10. The maximum absolute atomic E-state index is 11.6. The normalized spacial score (nSPS) is 11.6. The molecule has 0 aromatic heterocycles. The van der Waals surface area contributed by atoms with Gasteiger partial charge in [-0.25, -0.2) is 4.79 Å². The molecule has 0 saturated carbocycles. The summed E-state index contributed by atoms with van der Waals surface area (Å²) in [4.78, 5) is 11.6. The number of ether oxygens (including phenoxy) is 1. The Morgan fingerprint density at radius 3 is 2.60 bits per heavy atom. The SMILES string of the molecule is C#CCOc1ccc(NC(=O)NC[C@H](O)C(C)C)cc1. The average molecular weight is 276 g/mol. The highest BCUT2D eigenvalue weighted by molar-refractivity contribution is 5.89. The fraction of sp³-hybridized carbons (Fsp3) is 0.400. The van der Waals surface area contributed by atoms with Gasteiger partial charge >= 0.3 is 6.03 Å². The Balaban J connectivity index is 2.40. The first kappa shape index (κ1) is 15.9. The predicted molar refractivity (Wildman–Crippen MR) is 78.6 cm³/mol. The Morgan fingerprint density at radius 2 is 2.05 bits per heavy atom. The van der Waals surface area contributed by atoms with Crippen LogP contribution >= 0.6 is 0 Å². The van der Waals surface area contributed by atoms with Gasteiger partial charge in [-0.1, -0.05) is 19.8 Å². The zero-order valence-electron chi connectivity index (χ0n) is 11.7. The van der Waals surface area contributed by atoms with Crippen LogP contribution in [-0.2, 0) is 0 Å². The summed E-state index contributed by atoms with van der Waals surface area (Å²) in [5.41, 5.74) is 0.634. The number of rotatable bonds is 6. The predicted octanol–water partition coefficient (Wildman–Crippen LogP) is 1.84. The molecule has 5 heteroatoms. The van der Waals surface area contributed by atoms with E-state index >= 15 is 0 Å². The lowest BCUT2D eigenvalue weighted by atomic mass is 10.1. The molecule has 1 aromatic rings. The topological polar surface area (TPSA) is 70.6 Å². The molecule has 3 N–H and O–H groups in total. The summed E-state index contributed by atoms with van der Waals surface area (Å²) < 4.78 is 5.22. The second kappa shape index (κ2) is 8.08. The number of amides is 2. The summed E-state index contributed by atoms with van der Waals surface area (Å²) in [5.74, 6) is 3.12. The minimum absolute atomic E-state index is 0.0999. The van der Waals surface area contributed by atoms with Crippen molar-refractivity contribution in [2.24, 2.45) is 5.92 Å². The van der Waals surface area contributed by atoms with E-state index in [4.69, 9.17) is 11.2 Å². The van der Waals surface area contributed by atoms with Gasteiger partial charge in [0.25, 0.3) is 0 Å². The molecule has 20 heavy (non-hydrogen) atoms. The van der Waals surface area contributed by atoms with Gasteiger partial charge in [-0.2, -0.15) is 0 Å². The van der Waals surface area contributed by atoms with Gasteiger partial charge < -0.3 is 20.5 Å². The molecule has 0 aliphatic carbocycles. The number of terminal acetylenes is 1. The molecule has 1 rings (SSSR count). The fourth-order valence-electron chi connectivity index (χ4n) is 1.37. The Kier molecular flexibility index (Phi) is 6.41. The van der Waals surface area contributed by atoms with Crippen molar-refractivity contribution in [1.29, 1.82) is 0 Å². The molecule has 108 valence electrons. The van der Waals surface area contributed by atoms with Gasteiger partial charge in [0.2, 0.25) is 0 Å². The number of anilines is 1. The first-order chi connectivity index (χ1) is 9.52. The standard InChI is InChI=1S/C15H20N2O3/c1-4-9-20-13-7-5-12(6-8-13)17-15(19)16-10-14(18)11(2)3/h1,5-8,11,14,18H,9-10H2,2-3H3,(H2,16,17,19)/t14-/m0/s1. The lowest BCUT2D eigenvalue weighted by Gasteiger charge is -2.15. The smallest absolute Gasteiger partial charge is 0.319 e. The zero-order chi connectivity index (χ0) is 15.0. The summed E-state index contributed by atoms with van der Waals surface area (Å²) >= 11 is 0. The Morgan fingerprint density at radius 1 is 1.40 bits per heavy atom. The van der Waals surface area contributed by atoms with E-state index in [0.29, 0.717) is 11.4 Å². The van der Waals surface area contributed by atoms with Gasteiger partial charge in [0.05, 0.1) is 6.10 Å². The van der Waals surface area contributed by atoms with Gasteiger partial charge in [-0.05, 0) is 30.2 Å². The summed E-state index contributed by atoms with van der Waals surface area (Å²) in [7, 11) is 0. The largest absolute Gasteiger partial charge is 0.481 e. The number of aliphatic hydroxyl groups excluding tert-OH is 1. The van der Waals surface area contributed by atoms with Crippen LogP contribution in [0.2, 0.25) is 0 Å². The van der Waals surface area contributed by atoms with Crippen molar-refractivity contribution in [2.75, 3.05) is 18.5 Å². The van der Waals surface area contributed by atoms with Crippen LogP contribution in [-0.4, -0.2) is 30.4 Å². The Hall–Kier alpha value is -2.19. The number of carbonyl (C=O) groups is 1. The maximum Gasteiger partial charge on any atom is 0.319 e. The van der Waals surface area contributed by atoms with Crippen molar-refractivity contribution >= 4 is 11.7 Å². The Bertz CT molecular complexity index is 463. The van der Waals surface area contributed by atoms with Crippen LogP contribution in [0, 0.1) is 18.3 Å². The number of urea groups is 1. The van der Waals surface area contributed by atoms with E-state index < -0.39 is 6.10 Å². The molecule has 1 aromatic carbocycles. The molecule has 0 unspecified atom stereocenters. The summed E-state index contributed by atoms with van der Waals surface area (Å²) in [5, 5.41) is 14.9. The molecule has 0 radical (unpaired) electrons. The third-order valence-corrected chi connectivity index (χ3v) is 2.68. The number of hydrogen-bond donors (Lipinski definition) is 3. The molecule has 0 fully saturated rings. The third kappa shape index (κ3) is 5.63. The van der Waals surface area contributed by atoms with Crippen LogP contribution < -0.4 is 15.4 Å². The van der Waals surface area contributed by atoms with E-state index in [0.717, 1.165) is 0 Å². The van der Waals surface area contributed by atoms with Crippen molar-refractivity contribution in [3.63, 3.8) is 0 Å². The zero-order valence-corrected chi connectivity index (χ0v) is 11.7. The van der Waals surface area contributed by atoms with E-state index in [9.17, 15) is 9.90 Å². The molecule has 0 spiro atoms. The number of aliphatic hydroxyl groups is 1. The van der Waals surface area contributed by atoms with E-state index in [1.807, 2.05) is 13.8 Å². The van der Waals surface area contributed by atoms with Gasteiger partial charge in [0.1, 0.15) is 12.4 Å². The second-order valence-electron chi connectivity index (χ2n) is 4.66. The van der Waals surface area contributed by atoms with Crippen molar-refractivity contribution in [3.8, 4) is 18.1 Å². The van der Waals surface area contributed by atoms with Crippen LogP contribution in [0.25, 0.3) is 0 Å². The second-order valence-corrected chi connectivity index (χ2v) is 4.66. The average Bonchev–Trinajstić information content (AvgIpc) is 2.44. The lowest BCUT2D eigenvalue weighted by Crippen LogP contribution is -2.37. The number of benzene rings is 1. The molecular formula is C15H20N2O3. The number of hydrogen-bond acceptors (Lipinski definition) is 3. The molecule has 0 aliphatic heterocycles. The van der Waals surface area contributed by atoms with Crippen molar-refractivity contribution in [1.82, 2.24) is 5.32 Å². The quantitative estimate of drug-likeness (QED) is 0.694. The van der Waals surface area contributed by atoms with Crippen LogP contribution in [0.1, 0.15) is 13.8 Å². The first-order valence-corrected chi connectivity index (χ1v) is 6.42. The highest BCUT2D eigenvalue weighted by atomic mass is 16.5. The van der Waals surface area contributed by atoms with Crippen LogP contribution in [0.15, 0.2) is 24.3 Å². The molecule has 0 heterocycles. The molecule has 2 amide bonds. The molecule has 1 atom stereocenters. The first-order valence-electron chi connectivity index (χ1n) is 6.42. The fourth-order valence-corrected chi connectivity index (χ4v) is 1.37. The van der Waals surface area contributed by atoms with E-state index in [1.165, 1.54) is 0 Å². The van der Waals surface area contributed by atoms with Crippen molar-refractivity contribution in [2.45, 2.75) is 20.0 Å². The lowest BCUT2D eigenvalue weighted by molar-refractivity contribution is 0.126. The summed E-state index contributed by atoms with van der Waals surface area (Å²) in [6.07, 6.45) is 4.54. The minimum Gasteiger partial charge on any atom is -0.481 e. The maximum atomic E-state index is 11.6. The molecule has 0 bridgehead atoms. The summed E-state index contributed by atoms with van der Waals surface area (Å²) in [6, 6.07) is 6.50. The van der Waals surface area contributed by atoms with Crippen molar-refractivity contribution < 1.29 is 14.6 Å². The number of nitrogens with one attached hydrogen (secondary N) is 2. The molecule has 0 aliphatic rings. The minimum atomic E-state index is -0.555. The number of carbonyl (C=O) groups excluding carboxylic acids is 1.